The summed E-state index contributed by atoms with van der Waals surface area (Å²) in [6, 6.07) is 70.8. The normalized spacial score (nSPS) is 15.8. The Morgan fingerprint density at radius 1 is 0.293 bits per heavy atom. The summed E-state index contributed by atoms with van der Waals surface area (Å²) in [6.07, 6.45) is 4.07. The van der Waals surface area contributed by atoms with Crippen LogP contribution >= 0.6 is 0 Å². The smallest absolute Gasteiger partial charge is 0.126 e. The lowest BCUT2D eigenvalue weighted by Gasteiger charge is -2.31. The zero-order valence-electron chi connectivity index (χ0n) is 43.2. The highest BCUT2D eigenvalue weighted by Crippen LogP contribution is 2.34. The summed E-state index contributed by atoms with van der Waals surface area (Å²) in [6.45, 7) is 10.2. The van der Waals surface area contributed by atoms with Crippen molar-refractivity contribution < 1.29 is 33.2 Å². The van der Waals surface area contributed by atoms with E-state index in [0.29, 0.717) is 79.0 Å². The predicted octanol–water partition coefficient (Wildman–Crippen LogP) is 14.2. The molecule has 1 heterocycles. The van der Waals surface area contributed by atoms with Crippen molar-refractivity contribution in [3.05, 3.63) is 263 Å². The van der Waals surface area contributed by atoms with Gasteiger partial charge in [-0.2, -0.15) is 0 Å². The van der Waals surface area contributed by atoms with E-state index < -0.39 is 0 Å². The molecular formula is C66H68N2O7. The molecule has 0 bridgehead atoms. The summed E-state index contributed by atoms with van der Waals surface area (Å²) in [5.41, 5.74) is 8.74. The molecular weight excluding hydrogens is 933 g/mol. The summed E-state index contributed by atoms with van der Waals surface area (Å²) in [5, 5.41) is 0. The molecule has 1 aliphatic rings. The van der Waals surface area contributed by atoms with Gasteiger partial charge in [0.1, 0.15) is 74.1 Å². The van der Waals surface area contributed by atoms with Crippen LogP contribution in [0.15, 0.2) is 218 Å². The number of para-hydroxylation sites is 6. The van der Waals surface area contributed by atoms with E-state index in [-0.39, 0.29) is 12.1 Å². The van der Waals surface area contributed by atoms with E-state index in [1.54, 1.807) is 0 Å². The molecule has 0 radical (unpaired) electrons. The molecule has 0 unspecified atom stereocenters. The topological polar surface area (TPSA) is 71.1 Å². The van der Waals surface area contributed by atoms with Crippen molar-refractivity contribution in [2.75, 3.05) is 39.6 Å². The lowest BCUT2D eigenvalue weighted by Crippen LogP contribution is -2.27. The van der Waals surface area contributed by atoms with Gasteiger partial charge in [-0.1, -0.05) is 170 Å². The van der Waals surface area contributed by atoms with Crippen LogP contribution in [-0.4, -0.2) is 49.4 Å². The standard InChI is InChI=1S/C66H68N2O7/c1-51(53-23-5-3-6-24-53)67-45-55-27-9-15-33-61(55)70-39-21-22-40-71-62-34-16-10-28-56(62)46-68(52(2)54-25-7-4-8-26-54)48-58-30-12-18-36-64(58)75-50-60-32-14-20-38-66(60)73-44-42-69-41-43-72-65-37-19-13-31-59(65)49-74-63-35-17-11-29-57(63)47-67/h3-38,51-52H,39-50H2,1-2H3/t51-,52-/m1/s1. The van der Waals surface area contributed by atoms with Gasteiger partial charge in [0.05, 0.1) is 13.2 Å². The van der Waals surface area contributed by atoms with Crippen LogP contribution in [0.2, 0.25) is 0 Å². The number of hydrogen-bond acceptors (Lipinski definition) is 9. The fourth-order valence-corrected chi connectivity index (χ4v) is 9.29. The van der Waals surface area contributed by atoms with Gasteiger partial charge in [-0.3, -0.25) is 9.80 Å². The van der Waals surface area contributed by atoms with Gasteiger partial charge in [0, 0.05) is 71.6 Å². The Hall–Kier alpha value is -7.82. The minimum Gasteiger partial charge on any atom is -0.491 e. The quantitative estimate of drug-likeness (QED) is 0.160. The van der Waals surface area contributed by atoms with E-state index in [2.05, 4.69) is 145 Å². The second-order valence-electron chi connectivity index (χ2n) is 18.6. The SMILES string of the molecule is C[C@H](c1ccccc1)N1Cc2ccccc2OCC=CCOc2ccccc2CN([C@H](C)c2ccccc2)Cc2ccccc2OCc2ccccc2OCCOCCOc2ccccc2COc2ccccc2C1. The summed E-state index contributed by atoms with van der Waals surface area (Å²) >= 11 is 0. The van der Waals surface area contributed by atoms with Crippen LogP contribution in [0.1, 0.15) is 70.4 Å². The average Bonchev–Trinajstić information content (AvgIpc) is 3.46. The van der Waals surface area contributed by atoms with E-state index in [9.17, 15) is 0 Å². The maximum absolute atomic E-state index is 6.64. The molecule has 0 saturated carbocycles. The number of benzene rings is 8. The molecule has 75 heavy (non-hydrogen) atoms. The number of ether oxygens (including phenoxy) is 7. The molecule has 9 heteroatoms. The molecule has 9 nitrogen and oxygen atoms in total. The summed E-state index contributed by atoms with van der Waals surface area (Å²) < 4.78 is 44.9. The molecule has 0 spiro atoms. The molecule has 8 aromatic carbocycles. The van der Waals surface area contributed by atoms with Crippen molar-refractivity contribution in [3.63, 3.8) is 0 Å². The Balaban J connectivity index is 0.965. The molecule has 2 atom stereocenters. The maximum atomic E-state index is 6.64. The fraction of sp³-hybridized carbons (Fsp3) is 0.242. The highest BCUT2D eigenvalue weighted by molar-refractivity contribution is 5.40. The van der Waals surface area contributed by atoms with E-state index >= 15 is 0 Å². The van der Waals surface area contributed by atoms with Crippen LogP contribution in [0.5, 0.6) is 34.5 Å². The van der Waals surface area contributed by atoms with Crippen molar-refractivity contribution in [2.24, 2.45) is 0 Å². The number of rotatable bonds is 4. The molecule has 0 N–H and O–H groups in total. The van der Waals surface area contributed by atoms with E-state index in [0.717, 1.165) is 67.9 Å². The van der Waals surface area contributed by atoms with Crippen LogP contribution in [0.4, 0.5) is 0 Å². The van der Waals surface area contributed by atoms with Gasteiger partial charge >= 0.3 is 0 Å². The van der Waals surface area contributed by atoms with E-state index in [1.165, 1.54) is 11.1 Å². The molecule has 8 aromatic rings. The maximum Gasteiger partial charge on any atom is 0.126 e. The third-order valence-electron chi connectivity index (χ3n) is 13.6. The molecule has 9 rings (SSSR count). The summed E-state index contributed by atoms with van der Waals surface area (Å²) in [7, 11) is 0. The van der Waals surface area contributed by atoms with E-state index in [4.69, 9.17) is 33.2 Å². The second-order valence-corrected chi connectivity index (χ2v) is 18.6. The summed E-state index contributed by atoms with van der Waals surface area (Å²) in [4.78, 5) is 4.95. The first-order valence-corrected chi connectivity index (χ1v) is 26.1. The largest absolute Gasteiger partial charge is 0.491 e. The molecule has 0 aliphatic carbocycles. The zero-order chi connectivity index (χ0) is 51.3. The second kappa shape index (κ2) is 27.5. The molecule has 384 valence electrons. The lowest BCUT2D eigenvalue weighted by atomic mass is 10.0. The summed E-state index contributed by atoms with van der Waals surface area (Å²) in [5.74, 6) is 4.86. The molecule has 0 aromatic heterocycles. The third kappa shape index (κ3) is 14.9. The van der Waals surface area contributed by atoms with Crippen molar-refractivity contribution in [3.8, 4) is 34.5 Å². The van der Waals surface area contributed by atoms with Crippen LogP contribution in [0.25, 0.3) is 0 Å². The number of fused-ring (bicyclic) bond motifs is 6. The van der Waals surface area contributed by atoms with Crippen molar-refractivity contribution in [1.82, 2.24) is 9.80 Å². The Morgan fingerprint density at radius 3 is 0.920 bits per heavy atom. The third-order valence-corrected chi connectivity index (χ3v) is 13.6. The van der Waals surface area contributed by atoms with Gasteiger partial charge in [-0.25, -0.2) is 0 Å². The van der Waals surface area contributed by atoms with Gasteiger partial charge in [0.2, 0.25) is 0 Å². The molecule has 0 saturated heterocycles. The van der Waals surface area contributed by atoms with Gasteiger partial charge in [-0.05, 0) is 73.5 Å². The van der Waals surface area contributed by atoms with Gasteiger partial charge in [-0.15, -0.1) is 0 Å². The van der Waals surface area contributed by atoms with Gasteiger partial charge in [0.15, 0.2) is 0 Å². The molecule has 1 aliphatic heterocycles. The van der Waals surface area contributed by atoms with Crippen molar-refractivity contribution in [2.45, 2.75) is 65.3 Å². The minimum atomic E-state index is 0.0886. The first-order chi connectivity index (χ1) is 37.1. The monoisotopic (exact) mass is 1000 g/mol. The molecule has 0 fully saturated rings. The fourth-order valence-electron chi connectivity index (χ4n) is 9.29. The van der Waals surface area contributed by atoms with Crippen LogP contribution in [0, 0.1) is 0 Å². The number of hydrogen-bond donors (Lipinski definition) is 0. The predicted molar refractivity (Wildman–Crippen MR) is 297 cm³/mol. The Morgan fingerprint density at radius 2 is 0.573 bits per heavy atom. The number of nitrogens with zero attached hydrogens (tertiary/aromatic N) is 2. The lowest BCUT2D eigenvalue weighted by molar-refractivity contribution is 0.0754. The van der Waals surface area contributed by atoms with Crippen LogP contribution < -0.4 is 28.4 Å². The Labute approximate surface area is 443 Å². The average molecular weight is 1000 g/mol. The highest BCUT2D eigenvalue weighted by Gasteiger charge is 2.22. The molecule has 0 amide bonds. The van der Waals surface area contributed by atoms with Crippen molar-refractivity contribution in [1.29, 1.82) is 0 Å². The Kier molecular flexibility index (Phi) is 19.1. The minimum absolute atomic E-state index is 0.0886. The zero-order valence-corrected chi connectivity index (χ0v) is 43.2. The van der Waals surface area contributed by atoms with Crippen LogP contribution in [0.3, 0.4) is 0 Å². The van der Waals surface area contributed by atoms with E-state index in [1.807, 2.05) is 97.1 Å². The Bertz CT molecular complexity index is 2820. The van der Waals surface area contributed by atoms with Crippen LogP contribution in [-0.2, 0) is 44.1 Å². The van der Waals surface area contributed by atoms with Gasteiger partial charge in [0.25, 0.3) is 0 Å². The first kappa shape index (κ1) is 52.1. The first-order valence-electron chi connectivity index (χ1n) is 26.1. The van der Waals surface area contributed by atoms with Crippen molar-refractivity contribution >= 4 is 0 Å². The van der Waals surface area contributed by atoms with Gasteiger partial charge < -0.3 is 33.2 Å². The highest BCUT2D eigenvalue weighted by atomic mass is 16.5.